The molecule has 0 amide bonds. The minimum Gasteiger partial charge on any atom is -0.336 e. The van der Waals surface area contributed by atoms with Gasteiger partial charge in [-0.2, -0.15) is 0 Å². The molecule has 64 valence electrons. The molecule has 0 spiro atoms. The zero-order valence-electron chi connectivity index (χ0n) is 6.64. The highest BCUT2D eigenvalue weighted by atomic mass is 32.1. The van der Waals surface area contributed by atoms with Crippen LogP contribution in [0, 0.1) is 4.77 Å². The highest BCUT2D eigenvalue weighted by Crippen LogP contribution is 2.14. The molecule has 0 aliphatic heterocycles. The van der Waals surface area contributed by atoms with Crippen LogP contribution in [0.1, 0.15) is 24.1 Å². The van der Waals surface area contributed by atoms with Gasteiger partial charge in [0.25, 0.3) is 5.56 Å². The summed E-state index contributed by atoms with van der Waals surface area (Å²) >= 11 is 4.87. The van der Waals surface area contributed by atoms with E-state index in [4.69, 9.17) is 12.2 Å². The predicted molar refractivity (Wildman–Crippen MR) is 48.9 cm³/mol. The number of H-pyrrole nitrogens is 2. The maximum atomic E-state index is 11.3. The Morgan fingerprint density at radius 3 is 2.75 bits per heavy atom. The van der Waals surface area contributed by atoms with Crippen molar-refractivity contribution in [2.45, 2.75) is 25.7 Å². The van der Waals surface area contributed by atoms with Crippen molar-refractivity contribution < 1.29 is 0 Å². The van der Waals surface area contributed by atoms with Gasteiger partial charge in [0, 0.05) is 11.3 Å². The summed E-state index contributed by atoms with van der Waals surface area (Å²) in [5.41, 5.74) is 1.93. The predicted octanol–water partition coefficient (Wildman–Crippen LogP) is 1.31. The molecule has 0 saturated carbocycles. The molecular formula is C8H10N2OS. The van der Waals surface area contributed by atoms with Gasteiger partial charge in [-0.1, -0.05) is 0 Å². The average molecular weight is 182 g/mol. The molecule has 2 rings (SSSR count). The monoisotopic (exact) mass is 182 g/mol. The van der Waals surface area contributed by atoms with E-state index in [9.17, 15) is 4.79 Å². The van der Waals surface area contributed by atoms with Gasteiger partial charge in [0.05, 0.1) is 0 Å². The fourth-order valence-electron chi connectivity index (χ4n) is 1.64. The molecule has 0 aromatic carbocycles. The minimum atomic E-state index is -0.00606. The number of nitrogens with one attached hydrogen (secondary N) is 2. The van der Waals surface area contributed by atoms with Crippen molar-refractivity contribution >= 4 is 12.2 Å². The first-order valence-corrected chi connectivity index (χ1v) is 4.52. The van der Waals surface area contributed by atoms with Crippen LogP contribution in [0.3, 0.4) is 0 Å². The van der Waals surface area contributed by atoms with Crippen LogP contribution in [0.2, 0.25) is 0 Å². The number of rotatable bonds is 0. The molecule has 1 heterocycles. The summed E-state index contributed by atoms with van der Waals surface area (Å²) in [7, 11) is 0. The maximum absolute atomic E-state index is 11.3. The molecule has 12 heavy (non-hydrogen) atoms. The Bertz CT molecular complexity index is 404. The topological polar surface area (TPSA) is 48.6 Å². The van der Waals surface area contributed by atoms with Gasteiger partial charge in [-0.25, -0.2) is 0 Å². The van der Waals surface area contributed by atoms with E-state index in [1.54, 1.807) is 0 Å². The third-order valence-electron chi connectivity index (χ3n) is 2.23. The third kappa shape index (κ3) is 1.22. The molecular weight excluding hydrogens is 172 g/mol. The number of aryl methyl sites for hydroxylation is 1. The largest absolute Gasteiger partial charge is 0.336 e. The number of aromatic amines is 2. The van der Waals surface area contributed by atoms with Crippen molar-refractivity contribution in [3.8, 4) is 0 Å². The molecule has 1 aliphatic carbocycles. The molecule has 1 aromatic heterocycles. The lowest BCUT2D eigenvalue weighted by atomic mass is 9.97. The third-order valence-corrected chi connectivity index (χ3v) is 2.44. The van der Waals surface area contributed by atoms with Gasteiger partial charge in [0.15, 0.2) is 4.77 Å². The normalized spacial score (nSPS) is 15.7. The van der Waals surface area contributed by atoms with E-state index in [1.807, 2.05) is 0 Å². The summed E-state index contributed by atoms with van der Waals surface area (Å²) in [5.74, 6) is 0. The Hall–Kier alpha value is -0.900. The smallest absolute Gasteiger partial charge is 0.255 e. The second-order valence-electron chi connectivity index (χ2n) is 3.07. The minimum absolute atomic E-state index is 0.00606. The van der Waals surface area contributed by atoms with E-state index >= 15 is 0 Å². The molecule has 3 nitrogen and oxygen atoms in total. The number of fused-ring (bicyclic) bond motifs is 1. The second kappa shape index (κ2) is 2.86. The van der Waals surface area contributed by atoms with E-state index < -0.39 is 0 Å². The summed E-state index contributed by atoms with van der Waals surface area (Å²) in [5, 5.41) is 0. The van der Waals surface area contributed by atoms with Crippen LogP contribution in [0.4, 0.5) is 0 Å². The Morgan fingerprint density at radius 1 is 1.17 bits per heavy atom. The van der Waals surface area contributed by atoms with Crippen LogP contribution in [0.15, 0.2) is 4.79 Å². The summed E-state index contributed by atoms with van der Waals surface area (Å²) in [6.07, 6.45) is 4.11. The van der Waals surface area contributed by atoms with Crippen LogP contribution in [-0.4, -0.2) is 9.97 Å². The summed E-state index contributed by atoms with van der Waals surface area (Å²) in [4.78, 5) is 17.0. The highest BCUT2D eigenvalue weighted by molar-refractivity contribution is 7.71. The fraction of sp³-hybridized carbons (Fsp3) is 0.500. The van der Waals surface area contributed by atoms with Crippen LogP contribution in [0.5, 0.6) is 0 Å². The van der Waals surface area contributed by atoms with Crippen molar-refractivity contribution in [3.63, 3.8) is 0 Å². The lowest BCUT2D eigenvalue weighted by molar-refractivity contribution is 0.654. The fourth-order valence-corrected chi connectivity index (χ4v) is 1.86. The maximum Gasteiger partial charge on any atom is 0.255 e. The first kappa shape index (κ1) is 7.73. The number of hydrogen-bond donors (Lipinski definition) is 2. The lowest BCUT2D eigenvalue weighted by Crippen LogP contribution is -2.20. The average Bonchev–Trinajstić information content (AvgIpc) is 2.04. The summed E-state index contributed by atoms with van der Waals surface area (Å²) in [6, 6.07) is 0. The quantitative estimate of drug-likeness (QED) is 0.594. The van der Waals surface area contributed by atoms with Crippen molar-refractivity contribution in [1.29, 1.82) is 0 Å². The van der Waals surface area contributed by atoms with Crippen LogP contribution >= 0.6 is 12.2 Å². The number of aromatic nitrogens is 2. The van der Waals surface area contributed by atoms with Gasteiger partial charge in [-0.15, -0.1) is 0 Å². The zero-order chi connectivity index (χ0) is 8.55. The van der Waals surface area contributed by atoms with Crippen molar-refractivity contribution in [1.82, 2.24) is 9.97 Å². The standard InChI is InChI=1S/C8H10N2OS/c11-7-5-3-1-2-4-6(5)9-8(12)10-7/h1-4H2,(H2,9,10,11,12). The molecule has 0 bridgehead atoms. The second-order valence-corrected chi connectivity index (χ2v) is 3.48. The molecule has 1 aliphatic rings. The van der Waals surface area contributed by atoms with E-state index in [1.165, 1.54) is 0 Å². The van der Waals surface area contributed by atoms with Gasteiger partial charge in [-0.3, -0.25) is 9.78 Å². The van der Waals surface area contributed by atoms with Crippen LogP contribution in [-0.2, 0) is 12.8 Å². The van der Waals surface area contributed by atoms with Crippen molar-refractivity contribution in [2.24, 2.45) is 0 Å². The van der Waals surface area contributed by atoms with E-state index in [2.05, 4.69) is 9.97 Å². The Labute approximate surface area is 74.8 Å². The van der Waals surface area contributed by atoms with E-state index in [0.717, 1.165) is 36.9 Å². The Morgan fingerprint density at radius 2 is 1.92 bits per heavy atom. The Balaban J connectivity index is 2.68. The van der Waals surface area contributed by atoms with Gasteiger partial charge in [-0.05, 0) is 37.9 Å². The summed E-state index contributed by atoms with van der Waals surface area (Å²) < 4.78 is 0.445. The molecule has 2 N–H and O–H groups in total. The van der Waals surface area contributed by atoms with E-state index in [-0.39, 0.29) is 5.56 Å². The summed E-state index contributed by atoms with van der Waals surface area (Å²) in [6.45, 7) is 0. The van der Waals surface area contributed by atoms with E-state index in [0.29, 0.717) is 4.77 Å². The molecule has 0 unspecified atom stereocenters. The SMILES string of the molecule is O=c1[nH]c(=S)[nH]c2c1CCCC2. The van der Waals surface area contributed by atoms with Crippen LogP contribution in [0.25, 0.3) is 0 Å². The van der Waals surface area contributed by atoms with Gasteiger partial charge in [0.2, 0.25) is 0 Å². The van der Waals surface area contributed by atoms with Crippen LogP contribution < -0.4 is 5.56 Å². The number of hydrogen-bond acceptors (Lipinski definition) is 2. The molecule has 0 saturated heterocycles. The van der Waals surface area contributed by atoms with Crippen molar-refractivity contribution in [3.05, 3.63) is 26.4 Å². The van der Waals surface area contributed by atoms with Gasteiger partial charge in [0.1, 0.15) is 0 Å². The lowest BCUT2D eigenvalue weighted by Gasteiger charge is -2.13. The molecule has 0 atom stereocenters. The highest BCUT2D eigenvalue weighted by Gasteiger charge is 2.12. The van der Waals surface area contributed by atoms with Crippen molar-refractivity contribution in [2.75, 3.05) is 0 Å². The van der Waals surface area contributed by atoms with Gasteiger partial charge >= 0.3 is 0 Å². The molecule has 0 radical (unpaired) electrons. The first-order chi connectivity index (χ1) is 5.77. The molecule has 0 fully saturated rings. The van der Waals surface area contributed by atoms with Gasteiger partial charge < -0.3 is 4.98 Å². The Kier molecular flexibility index (Phi) is 1.84. The molecule has 1 aromatic rings. The first-order valence-electron chi connectivity index (χ1n) is 4.12. The zero-order valence-corrected chi connectivity index (χ0v) is 7.46. The molecule has 4 heteroatoms.